The average Bonchev–Trinajstić information content (AvgIpc) is 2.35. The summed E-state index contributed by atoms with van der Waals surface area (Å²) in [7, 11) is 0. The van der Waals surface area contributed by atoms with E-state index in [9.17, 15) is 0 Å². The molecule has 1 aromatic rings. The van der Waals surface area contributed by atoms with Gasteiger partial charge in [-0.1, -0.05) is 23.8 Å². The molecule has 0 radical (unpaired) electrons. The van der Waals surface area contributed by atoms with E-state index in [1.807, 2.05) is 0 Å². The van der Waals surface area contributed by atoms with Crippen molar-refractivity contribution in [3.05, 3.63) is 34.9 Å². The van der Waals surface area contributed by atoms with E-state index in [-0.39, 0.29) is 0 Å². The van der Waals surface area contributed by atoms with E-state index in [0.717, 1.165) is 45.1 Å². The van der Waals surface area contributed by atoms with Gasteiger partial charge in [0.05, 0.1) is 0 Å². The van der Waals surface area contributed by atoms with Crippen molar-refractivity contribution in [2.24, 2.45) is 0 Å². The van der Waals surface area contributed by atoms with Crippen LogP contribution in [0.15, 0.2) is 18.2 Å². The standard InChI is InChI=1S/C15H23ClN2/c1-13-3-4-15(14(2)11-13)12-18-9-7-17(6-5-16)8-10-18/h3-4,11H,5-10,12H2,1-2H3. The minimum Gasteiger partial charge on any atom is -0.300 e. The zero-order chi connectivity index (χ0) is 13.0. The van der Waals surface area contributed by atoms with Gasteiger partial charge in [0.1, 0.15) is 0 Å². The lowest BCUT2D eigenvalue weighted by molar-refractivity contribution is 0.132. The van der Waals surface area contributed by atoms with Crippen molar-refractivity contribution >= 4 is 11.6 Å². The fourth-order valence-corrected chi connectivity index (χ4v) is 2.79. The Kier molecular flexibility index (Phi) is 5.04. The molecule has 0 bridgehead atoms. The van der Waals surface area contributed by atoms with Crippen LogP contribution in [0, 0.1) is 13.8 Å². The van der Waals surface area contributed by atoms with Crippen molar-refractivity contribution in [1.29, 1.82) is 0 Å². The Hall–Kier alpha value is -0.570. The quantitative estimate of drug-likeness (QED) is 0.773. The van der Waals surface area contributed by atoms with Crippen LogP contribution in [0.25, 0.3) is 0 Å². The van der Waals surface area contributed by atoms with E-state index in [4.69, 9.17) is 11.6 Å². The van der Waals surface area contributed by atoms with Crippen molar-refractivity contribution in [3.63, 3.8) is 0 Å². The first kappa shape index (κ1) is 13.9. The van der Waals surface area contributed by atoms with Gasteiger partial charge in [0.2, 0.25) is 0 Å². The van der Waals surface area contributed by atoms with Crippen molar-refractivity contribution in [2.75, 3.05) is 38.6 Å². The Labute approximate surface area is 116 Å². The van der Waals surface area contributed by atoms with Gasteiger partial charge in [0.25, 0.3) is 0 Å². The Balaban J connectivity index is 1.87. The highest BCUT2D eigenvalue weighted by molar-refractivity contribution is 6.18. The Morgan fingerprint density at radius 1 is 1.06 bits per heavy atom. The second-order valence-corrected chi connectivity index (χ2v) is 5.61. The number of rotatable bonds is 4. The monoisotopic (exact) mass is 266 g/mol. The summed E-state index contributed by atoms with van der Waals surface area (Å²) < 4.78 is 0. The highest BCUT2D eigenvalue weighted by atomic mass is 35.5. The summed E-state index contributed by atoms with van der Waals surface area (Å²) in [5.74, 6) is 0.747. The normalized spacial score (nSPS) is 18.2. The van der Waals surface area contributed by atoms with Crippen LogP contribution in [0.4, 0.5) is 0 Å². The van der Waals surface area contributed by atoms with Gasteiger partial charge in [-0.05, 0) is 25.0 Å². The molecule has 0 atom stereocenters. The number of alkyl halides is 1. The molecule has 18 heavy (non-hydrogen) atoms. The van der Waals surface area contributed by atoms with Crippen molar-refractivity contribution < 1.29 is 0 Å². The molecule has 3 heteroatoms. The molecule has 1 saturated heterocycles. The van der Waals surface area contributed by atoms with Crippen molar-refractivity contribution in [2.45, 2.75) is 20.4 Å². The second-order valence-electron chi connectivity index (χ2n) is 5.24. The van der Waals surface area contributed by atoms with Crippen LogP contribution in [0.2, 0.25) is 0 Å². The first-order chi connectivity index (χ1) is 8.69. The molecule has 0 unspecified atom stereocenters. The molecule has 0 aliphatic carbocycles. The number of piperazine rings is 1. The Morgan fingerprint density at radius 3 is 2.33 bits per heavy atom. The van der Waals surface area contributed by atoms with E-state index >= 15 is 0 Å². The predicted molar refractivity (Wildman–Crippen MR) is 78.4 cm³/mol. The third-order valence-electron chi connectivity index (χ3n) is 3.76. The summed E-state index contributed by atoms with van der Waals surface area (Å²) >= 11 is 5.78. The second kappa shape index (κ2) is 6.55. The maximum Gasteiger partial charge on any atom is 0.0351 e. The lowest BCUT2D eigenvalue weighted by Gasteiger charge is -2.34. The van der Waals surface area contributed by atoms with Crippen LogP contribution in [0.5, 0.6) is 0 Å². The molecule has 0 N–H and O–H groups in total. The van der Waals surface area contributed by atoms with Gasteiger partial charge in [-0.15, -0.1) is 11.6 Å². The van der Waals surface area contributed by atoms with E-state index in [0.29, 0.717) is 0 Å². The van der Waals surface area contributed by atoms with Crippen molar-refractivity contribution in [3.8, 4) is 0 Å². The van der Waals surface area contributed by atoms with Crippen LogP contribution < -0.4 is 0 Å². The zero-order valence-electron chi connectivity index (χ0n) is 11.5. The van der Waals surface area contributed by atoms with Gasteiger partial charge in [-0.2, -0.15) is 0 Å². The number of halogens is 1. The number of aryl methyl sites for hydroxylation is 2. The van der Waals surface area contributed by atoms with Gasteiger partial charge in [-0.3, -0.25) is 9.80 Å². The van der Waals surface area contributed by atoms with Gasteiger partial charge < -0.3 is 0 Å². The van der Waals surface area contributed by atoms with E-state index in [1.54, 1.807) is 0 Å². The molecule has 0 saturated carbocycles. The maximum atomic E-state index is 5.78. The first-order valence-corrected chi connectivity index (χ1v) is 7.29. The predicted octanol–water partition coefficient (Wildman–Crippen LogP) is 2.66. The van der Waals surface area contributed by atoms with Crippen LogP contribution in [0.3, 0.4) is 0 Å². The van der Waals surface area contributed by atoms with Crippen LogP contribution >= 0.6 is 11.6 Å². The minimum atomic E-state index is 0.747. The molecule has 0 spiro atoms. The molecule has 1 aliphatic heterocycles. The van der Waals surface area contributed by atoms with Crippen molar-refractivity contribution in [1.82, 2.24) is 9.80 Å². The molecule has 0 amide bonds. The number of hydrogen-bond donors (Lipinski definition) is 0. The molecular weight excluding hydrogens is 244 g/mol. The lowest BCUT2D eigenvalue weighted by atomic mass is 10.1. The molecule has 1 aromatic carbocycles. The fourth-order valence-electron chi connectivity index (χ4n) is 2.55. The van der Waals surface area contributed by atoms with Crippen LogP contribution in [0.1, 0.15) is 16.7 Å². The summed E-state index contributed by atoms with van der Waals surface area (Å²) in [6.07, 6.45) is 0. The van der Waals surface area contributed by atoms with E-state index < -0.39 is 0 Å². The minimum absolute atomic E-state index is 0.747. The summed E-state index contributed by atoms with van der Waals surface area (Å²) in [5, 5.41) is 0. The van der Waals surface area contributed by atoms with E-state index in [2.05, 4.69) is 41.8 Å². The smallest absolute Gasteiger partial charge is 0.0351 e. The molecule has 0 aromatic heterocycles. The molecule has 100 valence electrons. The summed E-state index contributed by atoms with van der Waals surface area (Å²) in [5.41, 5.74) is 4.23. The first-order valence-electron chi connectivity index (χ1n) is 6.76. The Bertz CT molecular complexity index is 384. The fraction of sp³-hybridized carbons (Fsp3) is 0.600. The van der Waals surface area contributed by atoms with E-state index in [1.165, 1.54) is 16.7 Å². The SMILES string of the molecule is Cc1ccc(CN2CCN(CCCl)CC2)c(C)c1. The number of benzene rings is 1. The third kappa shape index (κ3) is 3.71. The van der Waals surface area contributed by atoms with Gasteiger partial charge in [-0.25, -0.2) is 0 Å². The van der Waals surface area contributed by atoms with Gasteiger partial charge in [0.15, 0.2) is 0 Å². The van der Waals surface area contributed by atoms with Gasteiger partial charge >= 0.3 is 0 Å². The molecular formula is C15H23ClN2. The topological polar surface area (TPSA) is 6.48 Å². The lowest BCUT2D eigenvalue weighted by Crippen LogP contribution is -2.46. The molecule has 2 nitrogen and oxygen atoms in total. The molecule has 1 fully saturated rings. The highest BCUT2D eigenvalue weighted by Gasteiger charge is 2.16. The molecule has 1 aliphatic rings. The van der Waals surface area contributed by atoms with Crippen LogP contribution in [-0.4, -0.2) is 48.4 Å². The largest absolute Gasteiger partial charge is 0.300 e. The summed E-state index contributed by atoms with van der Waals surface area (Å²) in [6.45, 7) is 11.1. The maximum absolute atomic E-state index is 5.78. The zero-order valence-corrected chi connectivity index (χ0v) is 12.2. The summed E-state index contributed by atoms with van der Waals surface area (Å²) in [6, 6.07) is 6.76. The third-order valence-corrected chi connectivity index (χ3v) is 3.93. The number of nitrogens with zero attached hydrogens (tertiary/aromatic N) is 2. The number of hydrogen-bond acceptors (Lipinski definition) is 2. The van der Waals surface area contributed by atoms with Gasteiger partial charge in [0, 0.05) is 45.1 Å². The molecule has 2 rings (SSSR count). The highest BCUT2D eigenvalue weighted by Crippen LogP contribution is 2.14. The summed E-state index contributed by atoms with van der Waals surface area (Å²) in [4.78, 5) is 4.99. The average molecular weight is 267 g/mol. The Morgan fingerprint density at radius 2 is 1.72 bits per heavy atom. The molecule has 1 heterocycles. The van der Waals surface area contributed by atoms with Crippen LogP contribution in [-0.2, 0) is 6.54 Å².